The van der Waals surface area contributed by atoms with Gasteiger partial charge in [-0.1, -0.05) is 65.0 Å². The van der Waals surface area contributed by atoms with Crippen molar-refractivity contribution in [3.8, 4) is 0 Å². The highest BCUT2D eigenvalue weighted by atomic mass is 17.2. The monoisotopic (exact) mass is 364 g/mol. The molecule has 0 aromatic heterocycles. The molecule has 0 N–H and O–H groups in total. The van der Waals surface area contributed by atoms with Crippen LogP contribution in [0.2, 0.25) is 0 Å². The summed E-state index contributed by atoms with van der Waals surface area (Å²) < 4.78 is 5.62. The maximum Gasteiger partial charge on any atom is 0.373 e. The Morgan fingerprint density at radius 1 is 0.962 bits per heavy atom. The van der Waals surface area contributed by atoms with Crippen LogP contribution in [-0.2, 0) is 20.9 Å². The summed E-state index contributed by atoms with van der Waals surface area (Å²) in [5.41, 5.74) is 1.76. The van der Waals surface area contributed by atoms with Crippen molar-refractivity contribution in [1.29, 1.82) is 0 Å². The van der Waals surface area contributed by atoms with Crippen LogP contribution in [0.15, 0.2) is 24.3 Å². The van der Waals surface area contributed by atoms with E-state index >= 15 is 0 Å². The molecule has 0 aliphatic heterocycles. The van der Waals surface area contributed by atoms with E-state index in [0.717, 1.165) is 19.4 Å². The van der Waals surface area contributed by atoms with Crippen molar-refractivity contribution in [2.24, 2.45) is 5.92 Å². The SMILES string of the molecule is CCCCCc1ccc(C(=O)OOCCOCC(CC)CCCC)cc1. The smallest absolute Gasteiger partial charge is 0.373 e. The number of aryl methyl sites for hydroxylation is 1. The quantitative estimate of drug-likeness (QED) is 0.226. The summed E-state index contributed by atoms with van der Waals surface area (Å²) in [4.78, 5) is 21.8. The van der Waals surface area contributed by atoms with Crippen molar-refractivity contribution in [2.45, 2.75) is 72.1 Å². The summed E-state index contributed by atoms with van der Waals surface area (Å²) in [5, 5.41) is 0. The molecule has 4 heteroatoms. The van der Waals surface area contributed by atoms with Gasteiger partial charge in [-0.05, 0) is 42.9 Å². The van der Waals surface area contributed by atoms with E-state index in [1.54, 1.807) is 12.1 Å². The van der Waals surface area contributed by atoms with Gasteiger partial charge in [-0.25, -0.2) is 4.79 Å². The number of unbranched alkanes of at least 4 members (excludes halogenated alkanes) is 3. The van der Waals surface area contributed by atoms with E-state index in [9.17, 15) is 4.79 Å². The zero-order valence-electron chi connectivity index (χ0n) is 16.8. The molecule has 0 aliphatic rings. The average Bonchev–Trinajstić information content (AvgIpc) is 2.67. The number of hydrogen-bond donors (Lipinski definition) is 0. The number of rotatable bonds is 15. The standard InChI is InChI=1S/C22H36O4/c1-4-7-9-11-20-12-14-21(15-13-20)22(23)26-25-17-16-24-18-19(6-3)10-8-5-2/h12-15,19H,4-11,16-18H2,1-3H3. The zero-order valence-corrected chi connectivity index (χ0v) is 16.8. The minimum absolute atomic E-state index is 0.255. The summed E-state index contributed by atoms with van der Waals surface area (Å²) >= 11 is 0. The third-order valence-electron chi connectivity index (χ3n) is 4.60. The lowest BCUT2D eigenvalue weighted by Gasteiger charge is -2.14. The molecule has 0 saturated carbocycles. The number of benzene rings is 1. The molecule has 0 aliphatic carbocycles. The maximum atomic E-state index is 11.9. The van der Waals surface area contributed by atoms with E-state index in [1.807, 2.05) is 12.1 Å². The molecule has 0 saturated heterocycles. The van der Waals surface area contributed by atoms with Crippen LogP contribution in [0.3, 0.4) is 0 Å². The largest absolute Gasteiger partial charge is 0.379 e. The molecule has 0 bridgehead atoms. The molecular weight excluding hydrogens is 328 g/mol. The van der Waals surface area contributed by atoms with E-state index in [1.165, 1.54) is 44.1 Å². The van der Waals surface area contributed by atoms with Crippen LogP contribution in [0.4, 0.5) is 0 Å². The Labute approximate surface area is 159 Å². The molecule has 1 aromatic rings. The lowest BCUT2D eigenvalue weighted by Crippen LogP contribution is -2.14. The molecule has 0 radical (unpaired) electrons. The zero-order chi connectivity index (χ0) is 19.0. The van der Waals surface area contributed by atoms with Gasteiger partial charge in [0.25, 0.3) is 0 Å². The van der Waals surface area contributed by atoms with Crippen molar-refractivity contribution in [1.82, 2.24) is 0 Å². The first-order valence-electron chi connectivity index (χ1n) is 10.2. The van der Waals surface area contributed by atoms with Gasteiger partial charge in [0.05, 0.1) is 12.2 Å². The van der Waals surface area contributed by atoms with Crippen LogP contribution in [0.5, 0.6) is 0 Å². The van der Waals surface area contributed by atoms with E-state index in [-0.39, 0.29) is 6.61 Å². The molecular formula is C22H36O4. The van der Waals surface area contributed by atoms with Gasteiger partial charge in [-0.2, -0.15) is 4.89 Å². The van der Waals surface area contributed by atoms with Crippen molar-refractivity contribution in [2.75, 3.05) is 19.8 Å². The molecule has 4 nitrogen and oxygen atoms in total. The Bertz CT molecular complexity index is 470. The lowest BCUT2D eigenvalue weighted by atomic mass is 10.0. The van der Waals surface area contributed by atoms with Crippen LogP contribution < -0.4 is 0 Å². The third-order valence-corrected chi connectivity index (χ3v) is 4.60. The Morgan fingerprint density at radius 3 is 2.35 bits per heavy atom. The Morgan fingerprint density at radius 2 is 1.69 bits per heavy atom. The molecule has 0 fully saturated rings. The second-order valence-corrected chi connectivity index (χ2v) is 6.84. The molecule has 0 spiro atoms. The second-order valence-electron chi connectivity index (χ2n) is 6.84. The lowest BCUT2D eigenvalue weighted by molar-refractivity contribution is -0.247. The van der Waals surface area contributed by atoms with Crippen LogP contribution >= 0.6 is 0 Å². The Kier molecular flexibility index (Phi) is 12.8. The predicted molar refractivity (Wildman–Crippen MR) is 105 cm³/mol. The van der Waals surface area contributed by atoms with Crippen LogP contribution in [0.1, 0.15) is 81.6 Å². The van der Waals surface area contributed by atoms with Crippen LogP contribution in [0.25, 0.3) is 0 Å². The van der Waals surface area contributed by atoms with Crippen LogP contribution in [0, 0.1) is 5.92 Å². The fourth-order valence-corrected chi connectivity index (χ4v) is 2.77. The fourth-order valence-electron chi connectivity index (χ4n) is 2.77. The highest BCUT2D eigenvalue weighted by Gasteiger charge is 2.09. The molecule has 1 aromatic carbocycles. The minimum Gasteiger partial charge on any atom is -0.379 e. The van der Waals surface area contributed by atoms with E-state index in [2.05, 4.69) is 20.8 Å². The highest BCUT2D eigenvalue weighted by Crippen LogP contribution is 2.13. The number of ether oxygens (including phenoxy) is 1. The number of hydrogen-bond acceptors (Lipinski definition) is 4. The molecule has 0 amide bonds. The fraction of sp³-hybridized carbons (Fsp3) is 0.682. The summed E-state index contributed by atoms with van der Waals surface area (Å²) in [7, 11) is 0. The van der Waals surface area contributed by atoms with E-state index in [0.29, 0.717) is 18.1 Å². The number of carbonyl (C=O) groups excluding carboxylic acids is 1. The van der Waals surface area contributed by atoms with Crippen molar-refractivity contribution in [3.05, 3.63) is 35.4 Å². The molecule has 1 atom stereocenters. The first-order valence-corrected chi connectivity index (χ1v) is 10.2. The van der Waals surface area contributed by atoms with Crippen molar-refractivity contribution < 1.29 is 19.3 Å². The first-order chi connectivity index (χ1) is 12.7. The van der Waals surface area contributed by atoms with Gasteiger partial charge in [0.15, 0.2) is 0 Å². The minimum atomic E-state index is -0.459. The Balaban J connectivity index is 2.16. The molecule has 0 heterocycles. The van der Waals surface area contributed by atoms with Gasteiger partial charge in [0.2, 0.25) is 0 Å². The summed E-state index contributed by atoms with van der Waals surface area (Å²) in [6.07, 6.45) is 9.47. The van der Waals surface area contributed by atoms with E-state index in [4.69, 9.17) is 14.5 Å². The van der Waals surface area contributed by atoms with Gasteiger partial charge in [-0.3, -0.25) is 4.89 Å². The highest BCUT2D eigenvalue weighted by molar-refractivity contribution is 5.88. The summed E-state index contributed by atoms with van der Waals surface area (Å²) in [6, 6.07) is 7.55. The summed E-state index contributed by atoms with van der Waals surface area (Å²) in [5.74, 6) is 0.146. The molecule has 26 heavy (non-hydrogen) atoms. The van der Waals surface area contributed by atoms with Gasteiger partial charge in [0, 0.05) is 6.61 Å². The maximum absolute atomic E-state index is 11.9. The average molecular weight is 365 g/mol. The van der Waals surface area contributed by atoms with Crippen molar-refractivity contribution >= 4 is 5.97 Å². The second kappa shape index (κ2) is 14.7. The summed E-state index contributed by atoms with van der Waals surface area (Å²) in [6.45, 7) is 8.02. The molecule has 1 unspecified atom stereocenters. The van der Waals surface area contributed by atoms with E-state index < -0.39 is 5.97 Å². The van der Waals surface area contributed by atoms with Gasteiger partial charge >= 0.3 is 5.97 Å². The predicted octanol–water partition coefficient (Wildman–Crippen LogP) is 5.74. The van der Waals surface area contributed by atoms with Gasteiger partial charge < -0.3 is 4.74 Å². The normalized spacial score (nSPS) is 12.1. The first kappa shape index (κ1) is 22.7. The van der Waals surface area contributed by atoms with Gasteiger partial charge in [-0.15, -0.1) is 0 Å². The van der Waals surface area contributed by atoms with Crippen LogP contribution in [-0.4, -0.2) is 25.8 Å². The Hall–Kier alpha value is -1.39. The van der Waals surface area contributed by atoms with Gasteiger partial charge in [0.1, 0.15) is 6.61 Å². The topological polar surface area (TPSA) is 44.8 Å². The molecule has 1 rings (SSSR count). The number of carbonyl (C=O) groups is 1. The molecule has 148 valence electrons. The third kappa shape index (κ3) is 9.93. The van der Waals surface area contributed by atoms with Crippen molar-refractivity contribution in [3.63, 3.8) is 0 Å².